The molecular weight excluding hydrogens is 327 g/mol. The summed E-state index contributed by atoms with van der Waals surface area (Å²) >= 11 is 3.47. The van der Waals surface area contributed by atoms with E-state index in [0.717, 1.165) is 12.2 Å². The zero-order valence-corrected chi connectivity index (χ0v) is 13.2. The fourth-order valence-electron chi connectivity index (χ4n) is 1.94. The Hall–Kier alpha value is -1.49. The average Bonchev–Trinajstić information content (AvgIpc) is 2.95. The van der Waals surface area contributed by atoms with Gasteiger partial charge in [-0.2, -0.15) is 0 Å². The molecule has 20 heavy (non-hydrogen) atoms. The third kappa shape index (κ3) is 2.82. The zero-order valence-electron chi connectivity index (χ0n) is 11.6. The van der Waals surface area contributed by atoms with E-state index >= 15 is 0 Å². The van der Waals surface area contributed by atoms with Crippen molar-refractivity contribution in [2.45, 2.75) is 18.2 Å². The van der Waals surface area contributed by atoms with Gasteiger partial charge in [0.25, 0.3) is 0 Å². The molecular formula is C15H16BrFO3. The molecule has 3 nitrogen and oxygen atoms in total. The lowest BCUT2D eigenvalue weighted by atomic mass is 10.1. The fourth-order valence-corrected chi connectivity index (χ4v) is 2.54. The van der Waals surface area contributed by atoms with Crippen molar-refractivity contribution in [2.24, 2.45) is 0 Å². The quantitative estimate of drug-likeness (QED) is 0.750. The maximum atomic E-state index is 14.2. The number of rotatable bonds is 5. The second kappa shape index (κ2) is 6.31. The molecule has 0 spiro atoms. The first kappa shape index (κ1) is 14.9. The highest BCUT2D eigenvalue weighted by molar-refractivity contribution is 9.09. The van der Waals surface area contributed by atoms with Crippen LogP contribution in [0.5, 0.6) is 11.5 Å². The van der Waals surface area contributed by atoms with Gasteiger partial charge in [-0.15, -0.1) is 0 Å². The summed E-state index contributed by atoms with van der Waals surface area (Å²) in [4.78, 5) is -0.373. The molecule has 0 aliphatic carbocycles. The molecule has 2 aromatic rings. The van der Waals surface area contributed by atoms with Crippen LogP contribution < -0.4 is 9.47 Å². The molecule has 0 fully saturated rings. The monoisotopic (exact) mass is 342 g/mol. The number of halogens is 2. The Balaban J connectivity index is 2.40. The Kier molecular flexibility index (Phi) is 4.70. The Bertz CT molecular complexity index is 595. The van der Waals surface area contributed by atoms with Crippen molar-refractivity contribution < 1.29 is 18.3 Å². The predicted molar refractivity (Wildman–Crippen MR) is 78.4 cm³/mol. The Morgan fingerprint density at radius 2 is 1.85 bits per heavy atom. The van der Waals surface area contributed by atoms with E-state index in [1.165, 1.54) is 20.3 Å². The molecule has 1 heterocycles. The molecule has 1 aromatic heterocycles. The van der Waals surface area contributed by atoms with E-state index in [-0.39, 0.29) is 10.6 Å². The Morgan fingerprint density at radius 1 is 1.20 bits per heavy atom. The Morgan fingerprint density at radius 3 is 2.40 bits per heavy atom. The number of alkyl halides is 1. The second-order valence-electron chi connectivity index (χ2n) is 4.25. The topological polar surface area (TPSA) is 31.6 Å². The van der Waals surface area contributed by atoms with Crippen molar-refractivity contribution in [2.75, 3.05) is 14.2 Å². The molecule has 1 aromatic carbocycles. The van der Waals surface area contributed by atoms with Crippen molar-refractivity contribution in [3.8, 4) is 11.5 Å². The van der Waals surface area contributed by atoms with Gasteiger partial charge in [0.15, 0.2) is 11.5 Å². The molecule has 0 aliphatic heterocycles. The summed E-state index contributed by atoms with van der Waals surface area (Å²) in [5.74, 6) is 2.00. The van der Waals surface area contributed by atoms with E-state index in [0.29, 0.717) is 22.8 Å². The number of benzene rings is 1. The van der Waals surface area contributed by atoms with Crippen LogP contribution in [0.15, 0.2) is 28.7 Å². The van der Waals surface area contributed by atoms with Crippen LogP contribution >= 0.6 is 15.9 Å². The highest BCUT2D eigenvalue weighted by Crippen LogP contribution is 2.39. The minimum Gasteiger partial charge on any atom is -0.493 e. The number of hydrogen-bond donors (Lipinski definition) is 0. The minimum atomic E-state index is -0.376. The molecule has 108 valence electrons. The molecule has 1 unspecified atom stereocenters. The molecule has 1 atom stereocenters. The van der Waals surface area contributed by atoms with Crippen LogP contribution in [0.25, 0.3) is 0 Å². The normalized spacial score (nSPS) is 12.2. The number of aryl methyl sites for hydroxylation is 1. The molecule has 0 saturated carbocycles. The zero-order chi connectivity index (χ0) is 14.7. The third-order valence-electron chi connectivity index (χ3n) is 3.06. The first-order valence-electron chi connectivity index (χ1n) is 6.24. The smallest absolute Gasteiger partial charge is 0.163 e. The standard InChI is InChI=1S/C15H16BrFO3/c1-4-9-5-6-12(20-9)15(16)10-7-13(18-2)14(19-3)8-11(10)17/h5-8,15H,4H2,1-3H3. The lowest BCUT2D eigenvalue weighted by molar-refractivity contribution is 0.351. The van der Waals surface area contributed by atoms with Gasteiger partial charge in [-0.3, -0.25) is 0 Å². The lowest BCUT2D eigenvalue weighted by Gasteiger charge is -2.13. The molecule has 0 saturated heterocycles. The maximum absolute atomic E-state index is 14.2. The van der Waals surface area contributed by atoms with Gasteiger partial charge in [0.05, 0.1) is 14.2 Å². The minimum absolute atomic E-state index is 0.363. The number of furan rings is 1. The van der Waals surface area contributed by atoms with Crippen LogP contribution in [0.2, 0.25) is 0 Å². The molecule has 5 heteroatoms. The van der Waals surface area contributed by atoms with Gasteiger partial charge in [0.1, 0.15) is 22.2 Å². The van der Waals surface area contributed by atoms with Gasteiger partial charge in [-0.25, -0.2) is 4.39 Å². The summed E-state index contributed by atoms with van der Waals surface area (Å²) in [5, 5.41) is 0. The molecule has 0 amide bonds. The molecule has 0 radical (unpaired) electrons. The van der Waals surface area contributed by atoms with E-state index in [1.807, 2.05) is 19.1 Å². The molecule has 0 aliphatic rings. The largest absolute Gasteiger partial charge is 0.493 e. The molecule has 0 bridgehead atoms. The van der Waals surface area contributed by atoms with Crippen molar-refractivity contribution in [3.05, 3.63) is 47.2 Å². The predicted octanol–water partition coefficient (Wildman–Crippen LogP) is 4.48. The summed E-state index contributed by atoms with van der Waals surface area (Å²) in [7, 11) is 2.99. The summed E-state index contributed by atoms with van der Waals surface area (Å²) in [6.07, 6.45) is 0.800. The van der Waals surface area contributed by atoms with E-state index in [4.69, 9.17) is 13.9 Å². The van der Waals surface area contributed by atoms with Crippen LogP contribution in [-0.4, -0.2) is 14.2 Å². The van der Waals surface area contributed by atoms with Gasteiger partial charge in [0.2, 0.25) is 0 Å². The van der Waals surface area contributed by atoms with Crippen LogP contribution in [0, 0.1) is 5.82 Å². The van der Waals surface area contributed by atoms with E-state index in [9.17, 15) is 4.39 Å². The van der Waals surface area contributed by atoms with E-state index in [2.05, 4.69) is 15.9 Å². The highest BCUT2D eigenvalue weighted by atomic mass is 79.9. The van der Waals surface area contributed by atoms with Gasteiger partial charge in [-0.05, 0) is 18.2 Å². The maximum Gasteiger partial charge on any atom is 0.163 e. The van der Waals surface area contributed by atoms with Crippen LogP contribution in [0.4, 0.5) is 4.39 Å². The molecule has 2 rings (SSSR count). The summed E-state index contributed by atoms with van der Waals surface area (Å²) in [5.41, 5.74) is 0.444. The molecule has 0 N–H and O–H groups in total. The first-order chi connectivity index (χ1) is 9.60. The fraction of sp³-hybridized carbons (Fsp3) is 0.333. The number of methoxy groups -OCH3 is 2. The van der Waals surface area contributed by atoms with Gasteiger partial charge in [0, 0.05) is 18.1 Å². The van der Waals surface area contributed by atoms with Gasteiger partial charge in [-0.1, -0.05) is 22.9 Å². The third-order valence-corrected chi connectivity index (χ3v) is 4.00. The number of ether oxygens (including phenoxy) is 2. The number of hydrogen-bond acceptors (Lipinski definition) is 3. The summed E-state index contributed by atoms with van der Waals surface area (Å²) in [6.45, 7) is 2.00. The first-order valence-corrected chi connectivity index (χ1v) is 7.16. The van der Waals surface area contributed by atoms with E-state index < -0.39 is 0 Å². The second-order valence-corrected chi connectivity index (χ2v) is 5.16. The SMILES string of the molecule is CCc1ccc(C(Br)c2cc(OC)c(OC)cc2F)o1. The van der Waals surface area contributed by atoms with Crippen molar-refractivity contribution in [3.63, 3.8) is 0 Å². The van der Waals surface area contributed by atoms with Crippen molar-refractivity contribution >= 4 is 15.9 Å². The average molecular weight is 343 g/mol. The summed E-state index contributed by atoms with van der Waals surface area (Å²) in [6, 6.07) is 6.66. The Labute approximate surface area is 125 Å². The van der Waals surface area contributed by atoms with E-state index in [1.54, 1.807) is 6.07 Å². The van der Waals surface area contributed by atoms with Crippen LogP contribution in [0.1, 0.15) is 28.8 Å². The van der Waals surface area contributed by atoms with Crippen molar-refractivity contribution in [1.82, 2.24) is 0 Å². The highest BCUT2D eigenvalue weighted by Gasteiger charge is 2.21. The van der Waals surface area contributed by atoms with Crippen LogP contribution in [0.3, 0.4) is 0 Å². The summed E-state index contributed by atoms with van der Waals surface area (Å²) < 4.78 is 30.1. The van der Waals surface area contributed by atoms with Crippen LogP contribution in [-0.2, 0) is 6.42 Å². The van der Waals surface area contributed by atoms with Gasteiger partial charge < -0.3 is 13.9 Å². The van der Waals surface area contributed by atoms with Gasteiger partial charge >= 0.3 is 0 Å². The van der Waals surface area contributed by atoms with Crippen molar-refractivity contribution in [1.29, 1.82) is 0 Å². The lowest BCUT2D eigenvalue weighted by Crippen LogP contribution is -1.99.